The first kappa shape index (κ1) is 11.3. The second kappa shape index (κ2) is 5.58. The molecule has 0 aromatic carbocycles. The molecule has 3 heteroatoms. The Labute approximate surface area is 73.9 Å². The van der Waals surface area contributed by atoms with Crippen LogP contribution >= 0.6 is 0 Å². The van der Waals surface area contributed by atoms with E-state index < -0.39 is 0 Å². The summed E-state index contributed by atoms with van der Waals surface area (Å²) in [6.07, 6.45) is 0.0833. The molecule has 2 nitrogen and oxygen atoms in total. The average molecular weight is 189 g/mol. The third-order valence-corrected chi connectivity index (χ3v) is 0.498. The van der Waals surface area contributed by atoms with Gasteiger partial charge in [0.25, 0.3) is 0 Å². The second-order valence-electron chi connectivity index (χ2n) is 1.58. The molecule has 0 rings (SSSR count). The van der Waals surface area contributed by atoms with E-state index in [1.54, 1.807) is 0 Å². The van der Waals surface area contributed by atoms with Crippen molar-refractivity contribution in [3.05, 3.63) is 0 Å². The molecule has 0 fully saturated rings. The molecule has 0 unspecified atom stereocenters. The quantitative estimate of drug-likeness (QED) is 0.594. The molecule has 0 aromatic rings. The van der Waals surface area contributed by atoms with E-state index in [9.17, 15) is 9.59 Å². The summed E-state index contributed by atoms with van der Waals surface area (Å²) in [5.74, 6) is -0.125. The van der Waals surface area contributed by atoms with Crippen LogP contribution in [-0.2, 0) is 42.3 Å². The van der Waals surface area contributed by atoms with Crippen molar-refractivity contribution in [2.75, 3.05) is 0 Å². The molecule has 0 atom stereocenters. The molecule has 0 bridgehead atoms. The van der Waals surface area contributed by atoms with Gasteiger partial charge in [0.2, 0.25) is 0 Å². The first-order valence-electron chi connectivity index (χ1n) is 2.12. The zero-order valence-corrected chi connectivity index (χ0v) is 7.94. The SMILES string of the molecule is CC(=O)CC(C)=O.[Y]. The van der Waals surface area contributed by atoms with Crippen LogP contribution in [0.2, 0.25) is 0 Å². The van der Waals surface area contributed by atoms with Gasteiger partial charge in [-0.1, -0.05) is 0 Å². The first-order valence-corrected chi connectivity index (χ1v) is 2.12. The predicted octanol–water partition coefficient (Wildman–Crippen LogP) is 0.552. The Kier molecular flexibility index (Phi) is 7.86. The van der Waals surface area contributed by atoms with Crippen LogP contribution in [0.3, 0.4) is 0 Å². The summed E-state index contributed by atoms with van der Waals surface area (Å²) in [4.78, 5) is 20.1. The van der Waals surface area contributed by atoms with Crippen LogP contribution in [0, 0.1) is 0 Å². The maximum Gasteiger partial charge on any atom is 0.137 e. The summed E-state index contributed by atoms with van der Waals surface area (Å²) in [5, 5.41) is 0. The van der Waals surface area contributed by atoms with E-state index in [2.05, 4.69) is 0 Å². The fourth-order valence-electron chi connectivity index (χ4n) is 0.351. The van der Waals surface area contributed by atoms with Gasteiger partial charge in [-0.2, -0.15) is 0 Å². The molecule has 0 saturated heterocycles. The minimum atomic E-state index is -0.0625. The maximum atomic E-state index is 10.0. The number of carbonyl (C=O) groups excluding carboxylic acids is 2. The van der Waals surface area contributed by atoms with Crippen LogP contribution in [0.15, 0.2) is 0 Å². The Hall–Kier alpha value is 0.444. The van der Waals surface area contributed by atoms with Gasteiger partial charge in [-0.25, -0.2) is 0 Å². The van der Waals surface area contributed by atoms with E-state index in [1.165, 1.54) is 13.8 Å². The molecule has 0 N–H and O–H groups in total. The van der Waals surface area contributed by atoms with Crippen LogP contribution in [0.4, 0.5) is 0 Å². The zero-order valence-electron chi connectivity index (χ0n) is 5.10. The third kappa shape index (κ3) is 9.67. The van der Waals surface area contributed by atoms with E-state index in [0.717, 1.165) is 0 Å². The molecular formula is C5H8O2Y. The summed E-state index contributed by atoms with van der Waals surface area (Å²) in [6.45, 7) is 2.81. The smallest absolute Gasteiger partial charge is 0.137 e. The van der Waals surface area contributed by atoms with Gasteiger partial charge < -0.3 is 0 Å². The summed E-state index contributed by atoms with van der Waals surface area (Å²) in [5.41, 5.74) is 0. The van der Waals surface area contributed by atoms with Gasteiger partial charge >= 0.3 is 0 Å². The van der Waals surface area contributed by atoms with E-state index >= 15 is 0 Å². The van der Waals surface area contributed by atoms with Crippen molar-refractivity contribution in [3.8, 4) is 0 Å². The number of Topliss-reactive ketones (excluding diaryl/α,β-unsaturated/α-hetero) is 2. The van der Waals surface area contributed by atoms with Crippen molar-refractivity contribution in [1.29, 1.82) is 0 Å². The van der Waals surface area contributed by atoms with Crippen LogP contribution in [0.5, 0.6) is 0 Å². The van der Waals surface area contributed by atoms with Crippen LogP contribution < -0.4 is 0 Å². The fraction of sp³-hybridized carbons (Fsp3) is 0.600. The molecule has 0 aliphatic heterocycles. The van der Waals surface area contributed by atoms with Crippen molar-refractivity contribution in [3.63, 3.8) is 0 Å². The van der Waals surface area contributed by atoms with E-state index in [-0.39, 0.29) is 50.7 Å². The Morgan fingerprint density at radius 1 is 1.12 bits per heavy atom. The molecule has 1 radical (unpaired) electrons. The molecule has 0 amide bonds. The van der Waals surface area contributed by atoms with E-state index in [1.807, 2.05) is 0 Å². The molecule has 0 spiro atoms. The van der Waals surface area contributed by atoms with Gasteiger partial charge in [-0.3, -0.25) is 9.59 Å². The van der Waals surface area contributed by atoms with Crippen molar-refractivity contribution in [2.24, 2.45) is 0 Å². The number of hydrogen-bond acceptors (Lipinski definition) is 2. The molecule has 0 aliphatic rings. The molecular weight excluding hydrogens is 181 g/mol. The summed E-state index contributed by atoms with van der Waals surface area (Å²) in [7, 11) is 0. The van der Waals surface area contributed by atoms with Gasteiger partial charge in [0.1, 0.15) is 11.6 Å². The monoisotopic (exact) mass is 189 g/mol. The summed E-state index contributed by atoms with van der Waals surface area (Å²) >= 11 is 0. The van der Waals surface area contributed by atoms with Crippen molar-refractivity contribution in [2.45, 2.75) is 20.3 Å². The molecule has 0 aliphatic carbocycles. The number of carbonyl (C=O) groups is 2. The van der Waals surface area contributed by atoms with Gasteiger partial charge in [0.05, 0.1) is 6.42 Å². The van der Waals surface area contributed by atoms with Crippen LogP contribution in [0.1, 0.15) is 20.3 Å². The number of ketones is 2. The van der Waals surface area contributed by atoms with Crippen LogP contribution in [0.25, 0.3) is 0 Å². The Bertz CT molecular complexity index is 86.6. The van der Waals surface area contributed by atoms with Gasteiger partial charge in [0, 0.05) is 32.7 Å². The molecule has 0 heterocycles. The van der Waals surface area contributed by atoms with E-state index in [4.69, 9.17) is 0 Å². The number of rotatable bonds is 2. The van der Waals surface area contributed by atoms with Crippen molar-refractivity contribution >= 4 is 11.6 Å². The Morgan fingerprint density at radius 3 is 1.38 bits per heavy atom. The first-order chi connectivity index (χ1) is 3.13. The standard InChI is InChI=1S/C5H8O2.Y/c1-4(6)3-5(2)7;/h3H2,1-2H3;. The van der Waals surface area contributed by atoms with Crippen LogP contribution in [-0.4, -0.2) is 11.6 Å². The second-order valence-corrected chi connectivity index (χ2v) is 1.58. The van der Waals surface area contributed by atoms with Crippen molar-refractivity contribution in [1.82, 2.24) is 0 Å². The normalized spacial score (nSPS) is 7.25. The van der Waals surface area contributed by atoms with Gasteiger partial charge in [0.15, 0.2) is 0 Å². The Morgan fingerprint density at radius 2 is 1.38 bits per heavy atom. The Balaban J connectivity index is 0. The van der Waals surface area contributed by atoms with E-state index in [0.29, 0.717) is 0 Å². The maximum absolute atomic E-state index is 10.0. The minimum Gasteiger partial charge on any atom is -0.300 e. The number of hydrogen-bond donors (Lipinski definition) is 0. The van der Waals surface area contributed by atoms with Gasteiger partial charge in [-0.15, -0.1) is 0 Å². The largest absolute Gasteiger partial charge is 0.300 e. The molecule has 8 heavy (non-hydrogen) atoms. The predicted molar refractivity (Wildman–Crippen MR) is 26.0 cm³/mol. The van der Waals surface area contributed by atoms with Gasteiger partial charge in [-0.05, 0) is 13.8 Å². The minimum absolute atomic E-state index is 0. The third-order valence-electron chi connectivity index (χ3n) is 0.498. The topological polar surface area (TPSA) is 34.1 Å². The fourth-order valence-corrected chi connectivity index (χ4v) is 0.351. The summed E-state index contributed by atoms with van der Waals surface area (Å²) in [6, 6.07) is 0. The average Bonchev–Trinajstić information content (AvgIpc) is 1.27. The molecule has 0 aromatic heterocycles. The zero-order chi connectivity index (χ0) is 5.86. The molecule has 0 saturated carbocycles. The molecule has 43 valence electrons. The van der Waals surface area contributed by atoms with Crippen molar-refractivity contribution < 1.29 is 42.3 Å². The summed E-state index contributed by atoms with van der Waals surface area (Å²) < 4.78 is 0.